The van der Waals surface area contributed by atoms with E-state index in [1.54, 1.807) is 24.8 Å². The van der Waals surface area contributed by atoms with Crippen molar-refractivity contribution in [3.63, 3.8) is 0 Å². The second kappa shape index (κ2) is 4.50. The molecule has 0 spiro atoms. The molecule has 2 rings (SSSR count). The first-order valence-corrected chi connectivity index (χ1v) is 4.76. The summed E-state index contributed by atoms with van der Waals surface area (Å²) in [5.41, 5.74) is 2.21. The van der Waals surface area contributed by atoms with Gasteiger partial charge in [-0.05, 0) is 18.6 Å². The molecular formula is C11H12N4. The average molecular weight is 200 g/mol. The van der Waals surface area contributed by atoms with Crippen molar-refractivity contribution in [1.82, 2.24) is 15.0 Å². The second-order valence-corrected chi connectivity index (χ2v) is 3.21. The number of pyridine rings is 1. The lowest BCUT2D eigenvalue weighted by Gasteiger charge is -2.06. The van der Waals surface area contributed by atoms with Crippen molar-refractivity contribution >= 4 is 5.82 Å². The van der Waals surface area contributed by atoms with E-state index < -0.39 is 0 Å². The minimum atomic E-state index is 0.672. The Hall–Kier alpha value is -1.97. The molecular weight excluding hydrogens is 188 g/mol. The Balaban J connectivity index is 2.03. The van der Waals surface area contributed by atoms with Gasteiger partial charge in [0.1, 0.15) is 5.82 Å². The highest BCUT2D eigenvalue weighted by Gasteiger charge is 1.98. The van der Waals surface area contributed by atoms with E-state index in [0.29, 0.717) is 6.54 Å². The molecule has 0 radical (unpaired) electrons. The van der Waals surface area contributed by atoms with Gasteiger partial charge in [-0.15, -0.1) is 0 Å². The normalized spacial score (nSPS) is 9.93. The summed E-state index contributed by atoms with van der Waals surface area (Å²) in [6.07, 6.45) is 6.80. The maximum atomic E-state index is 4.28. The molecule has 2 heterocycles. The van der Waals surface area contributed by atoms with E-state index in [4.69, 9.17) is 0 Å². The van der Waals surface area contributed by atoms with E-state index >= 15 is 0 Å². The molecule has 0 aliphatic rings. The predicted octanol–water partition coefficient (Wildman–Crippen LogP) is 1.79. The molecule has 0 atom stereocenters. The van der Waals surface area contributed by atoms with E-state index in [-0.39, 0.29) is 0 Å². The number of aryl methyl sites for hydroxylation is 1. The summed E-state index contributed by atoms with van der Waals surface area (Å²) in [5, 5.41) is 3.17. The third kappa shape index (κ3) is 2.49. The van der Waals surface area contributed by atoms with Crippen LogP contribution in [0.4, 0.5) is 5.82 Å². The number of nitrogens with one attached hydrogen (secondary N) is 1. The standard InChI is InChI=1S/C11H12N4/c1-9-3-2-4-13-10(9)7-15-11-8-12-5-6-14-11/h2-6,8H,7H2,1H3,(H,14,15). The number of aromatic nitrogens is 3. The Morgan fingerprint density at radius 3 is 2.87 bits per heavy atom. The highest BCUT2D eigenvalue weighted by Crippen LogP contribution is 2.05. The molecule has 2 aromatic heterocycles. The summed E-state index contributed by atoms with van der Waals surface area (Å²) in [6.45, 7) is 2.71. The van der Waals surface area contributed by atoms with Crippen LogP contribution >= 0.6 is 0 Å². The first-order valence-electron chi connectivity index (χ1n) is 4.76. The first-order chi connectivity index (χ1) is 7.36. The van der Waals surface area contributed by atoms with Gasteiger partial charge in [-0.2, -0.15) is 0 Å². The molecule has 0 saturated heterocycles. The predicted molar refractivity (Wildman–Crippen MR) is 58.3 cm³/mol. The van der Waals surface area contributed by atoms with Gasteiger partial charge in [0.05, 0.1) is 18.4 Å². The van der Waals surface area contributed by atoms with Crippen LogP contribution in [0.25, 0.3) is 0 Å². The van der Waals surface area contributed by atoms with Gasteiger partial charge >= 0.3 is 0 Å². The van der Waals surface area contributed by atoms with Gasteiger partial charge in [0.15, 0.2) is 0 Å². The number of rotatable bonds is 3. The molecule has 0 fully saturated rings. The van der Waals surface area contributed by atoms with Crippen molar-refractivity contribution in [2.45, 2.75) is 13.5 Å². The monoisotopic (exact) mass is 200 g/mol. The van der Waals surface area contributed by atoms with E-state index in [9.17, 15) is 0 Å². The van der Waals surface area contributed by atoms with Crippen molar-refractivity contribution in [3.8, 4) is 0 Å². The van der Waals surface area contributed by atoms with Gasteiger partial charge in [-0.1, -0.05) is 6.07 Å². The van der Waals surface area contributed by atoms with Crippen molar-refractivity contribution in [2.75, 3.05) is 5.32 Å². The lowest BCUT2D eigenvalue weighted by Crippen LogP contribution is -2.04. The number of hydrogen-bond donors (Lipinski definition) is 1. The lowest BCUT2D eigenvalue weighted by molar-refractivity contribution is 0.999. The molecule has 0 aromatic carbocycles. The van der Waals surface area contributed by atoms with Crippen LogP contribution in [-0.4, -0.2) is 15.0 Å². The zero-order chi connectivity index (χ0) is 10.5. The molecule has 0 aliphatic carbocycles. The fraction of sp³-hybridized carbons (Fsp3) is 0.182. The van der Waals surface area contributed by atoms with Gasteiger partial charge in [-0.3, -0.25) is 9.97 Å². The zero-order valence-electron chi connectivity index (χ0n) is 8.51. The number of nitrogens with zero attached hydrogens (tertiary/aromatic N) is 3. The molecule has 0 amide bonds. The summed E-state index contributed by atoms with van der Waals surface area (Å²) in [4.78, 5) is 12.4. The average Bonchev–Trinajstić information content (AvgIpc) is 2.29. The largest absolute Gasteiger partial charge is 0.363 e. The molecule has 4 heteroatoms. The molecule has 1 N–H and O–H groups in total. The van der Waals surface area contributed by atoms with Crippen molar-refractivity contribution in [1.29, 1.82) is 0 Å². The topological polar surface area (TPSA) is 50.7 Å². The SMILES string of the molecule is Cc1cccnc1CNc1cnccn1. The van der Waals surface area contributed by atoms with Crippen LogP contribution in [0.15, 0.2) is 36.9 Å². The van der Waals surface area contributed by atoms with Crippen LogP contribution in [-0.2, 0) is 6.54 Å². The van der Waals surface area contributed by atoms with Crippen LogP contribution in [0.5, 0.6) is 0 Å². The van der Waals surface area contributed by atoms with Crippen LogP contribution < -0.4 is 5.32 Å². The van der Waals surface area contributed by atoms with Crippen LogP contribution in [0.3, 0.4) is 0 Å². The Bertz CT molecular complexity index is 428. The zero-order valence-corrected chi connectivity index (χ0v) is 8.51. The molecule has 0 saturated carbocycles. The Morgan fingerprint density at radius 1 is 1.20 bits per heavy atom. The highest BCUT2D eigenvalue weighted by molar-refractivity contribution is 5.32. The van der Waals surface area contributed by atoms with E-state index in [0.717, 1.165) is 11.5 Å². The van der Waals surface area contributed by atoms with Gasteiger partial charge in [0.2, 0.25) is 0 Å². The Labute approximate surface area is 88.4 Å². The van der Waals surface area contributed by atoms with Gasteiger partial charge in [0.25, 0.3) is 0 Å². The second-order valence-electron chi connectivity index (χ2n) is 3.21. The molecule has 4 nitrogen and oxygen atoms in total. The Kier molecular flexibility index (Phi) is 2.88. The highest BCUT2D eigenvalue weighted by atomic mass is 15.0. The minimum absolute atomic E-state index is 0.672. The third-order valence-electron chi connectivity index (χ3n) is 2.12. The summed E-state index contributed by atoms with van der Waals surface area (Å²) < 4.78 is 0. The van der Waals surface area contributed by atoms with E-state index in [1.165, 1.54) is 5.56 Å². The van der Waals surface area contributed by atoms with Crippen molar-refractivity contribution in [3.05, 3.63) is 48.2 Å². The Morgan fingerprint density at radius 2 is 2.13 bits per heavy atom. The van der Waals surface area contributed by atoms with Crippen LogP contribution in [0, 0.1) is 6.92 Å². The fourth-order valence-corrected chi connectivity index (χ4v) is 1.27. The van der Waals surface area contributed by atoms with Crippen molar-refractivity contribution in [2.24, 2.45) is 0 Å². The molecule has 15 heavy (non-hydrogen) atoms. The lowest BCUT2D eigenvalue weighted by atomic mass is 10.2. The third-order valence-corrected chi connectivity index (χ3v) is 2.12. The molecule has 2 aromatic rings. The summed E-state index contributed by atoms with van der Waals surface area (Å²) in [5.74, 6) is 0.766. The van der Waals surface area contributed by atoms with Gasteiger partial charge in [0, 0.05) is 18.6 Å². The minimum Gasteiger partial charge on any atom is -0.363 e. The molecule has 0 aliphatic heterocycles. The maximum Gasteiger partial charge on any atom is 0.144 e. The van der Waals surface area contributed by atoms with Crippen LogP contribution in [0.1, 0.15) is 11.3 Å². The van der Waals surface area contributed by atoms with Crippen LogP contribution in [0.2, 0.25) is 0 Å². The molecule has 0 bridgehead atoms. The number of anilines is 1. The summed E-state index contributed by atoms with van der Waals surface area (Å²) in [6, 6.07) is 3.97. The quantitative estimate of drug-likeness (QED) is 0.820. The first kappa shape index (κ1) is 9.58. The molecule has 76 valence electrons. The van der Waals surface area contributed by atoms with Gasteiger partial charge < -0.3 is 5.32 Å². The smallest absolute Gasteiger partial charge is 0.144 e. The molecule has 0 unspecified atom stereocenters. The summed E-state index contributed by atoms with van der Waals surface area (Å²) in [7, 11) is 0. The fourth-order valence-electron chi connectivity index (χ4n) is 1.27. The number of hydrogen-bond acceptors (Lipinski definition) is 4. The maximum absolute atomic E-state index is 4.28. The van der Waals surface area contributed by atoms with Gasteiger partial charge in [-0.25, -0.2) is 4.98 Å². The van der Waals surface area contributed by atoms with Crippen molar-refractivity contribution < 1.29 is 0 Å². The van der Waals surface area contributed by atoms with E-state index in [2.05, 4.69) is 20.3 Å². The summed E-state index contributed by atoms with van der Waals surface area (Å²) >= 11 is 0. The van der Waals surface area contributed by atoms with E-state index in [1.807, 2.05) is 19.1 Å².